The fourth-order valence-electron chi connectivity index (χ4n) is 2.04. The molecule has 2 aromatic rings. The van der Waals surface area contributed by atoms with Gasteiger partial charge in [-0.1, -0.05) is 30.3 Å². The summed E-state index contributed by atoms with van der Waals surface area (Å²) in [7, 11) is 0. The first kappa shape index (κ1) is 10.5. The van der Waals surface area contributed by atoms with E-state index in [1.807, 2.05) is 41.1 Å². The third-order valence-corrected chi connectivity index (χ3v) is 3.22. The van der Waals surface area contributed by atoms with E-state index < -0.39 is 0 Å². The molecule has 88 valence electrons. The van der Waals surface area contributed by atoms with Gasteiger partial charge in [-0.3, -0.25) is 4.68 Å². The quantitative estimate of drug-likeness (QED) is 0.872. The Morgan fingerprint density at radius 3 is 2.65 bits per heavy atom. The maximum absolute atomic E-state index is 9.35. The van der Waals surface area contributed by atoms with Crippen molar-refractivity contribution in [2.75, 3.05) is 0 Å². The maximum atomic E-state index is 9.35. The summed E-state index contributed by atoms with van der Waals surface area (Å²) < 4.78 is 1.96. The van der Waals surface area contributed by atoms with E-state index in [2.05, 4.69) is 5.10 Å². The van der Waals surface area contributed by atoms with Crippen LogP contribution in [-0.4, -0.2) is 14.9 Å². The second-order valence-electron chi connectivity index (χ2n) is 4.67. The van der Waals surface area contributed by atoms with Gasteiger partial charge in [-0.05, 0) is 24.8 Å². The van der Waals surface area contributed by atoms with Crippen molar-refractivity contribution in [3.63, 3.8) is 0 Å². The van der Waals surface area contributed by atoms with Crippen molar-refractivity contribution in [3.8, 4) is 11.3 Å². The summed E-state index contributed by atoms with van der Waals surface area (Å²) in [4.78, 5) is 0. The first-order valence-electron chi connectivity index (χ1n) is 6.10. The van der Waals surface area contributed by atoms with Crippen LogP contribution in [0.1, 0.15) is 18.5 Å². The number of hydrogen-bond acceptors (Lipinski definition) is 2. The van der Waals surface area contributed by atoms with E-state index in [0.717, 1.165) is 29.4 Å². The van der Waals surface area contributed by atoms with Gasteiger partial charge in [0.1, 0.15) is 0 Å². The molecular formula is C14H16N2O. The van der Waals surface area contributed by atoms with Gasteiger partial charge in [-0.2, -0.15) is 5.10 Å². The molecule has 0 unspecified atom stereocenters. The van der Waals surface area contributed by atoms with Gasteiger partial charge in [-0.15, -0.1) is 0 Å². The highest BCUT2D eigenvalue weighted by Crippen LogP contribution is 2.31. The number of aliphatic hydroxyl groups excluding tert-OH is 1. The molecule has 17 heavy (non-hydrogen) atoms. The second kappa shape index (κ2) is 4.34. The summed E-state index contributed by atoms with van der Waals surface area (Å²) in [6, 6.07) is 12.1. The molecule has 0 atom stereocenters. The van der Waals surface area contributed by atoms with Crippen molar-refractivity contribution in [2.45, 2.75) is 26.0 Å². The zero-order chi connectivity index (χ0) is 11.7. The lowest BCUT2D eigenvalue weighted by atomic mass is 10.1. The topological polar surface area (TPSA) is 38.1 Å². The van der Waals surface area contributed by atoms with Gasteiger partial charge < -0.3 is 5.11 Å². The van der Waals surface area contributed by atoms with E-state index in [9.17, 15) is 5.11 Å². The third-order valence-electron chi connectivity index (χ3n) is 3.22. The Hall–Kier alpha value is -1.61. The van der Waals surface area contributed by atoms with Crippen molar-refractivity contribution in [1.29, 1.82) is 0 Å². The van der Waals surface area contributed by atoms with Crippen LogP contribution in [0.25, 0.3) is 11.3 Å². The zero-order valence-electron chi connectivity index (χ0n) is 9.71. The number of aromatic nitrogens is 2. The Kier molecular flexibility index (Phi) is 2.69. The molecule has 1 aliphatic rings. The molecule has 0 saturated heterocycles. The number of rotatable bonds is 4. The van der Waals surface area contributed by atoms with Crippen molar-refractivity contribution >= 4 is 0 Å². The smallest absolute Gasteiger partial charge is 0.0926 e. The summed E-state index contributed by atoms with van der Waals surface area (Å²) in [6.07, 6.45) is 2.59. The van der Waals surface area contributed by atoms with Crippen LogP contribution in [0.15, 0.2) is 36.4 Å². The number of benzene rings is 1. The van der Waals surface area contributed by atoms with Crippen molar-refractivity contribution in [2.24, 2.45) is 5.92 Å². The predicted molar refractivity (Wildman–Crippen MR) is 66.3 cm³/mol. The van der Waals surface area contributed by atoms with Crippen LogP contribution >= 0.6 is 0 Å². The molecule has 0 spiro atoms. The summed E-state index contributed by atoms with van der Waals surface area (Å²) in [6.45, 7) is 1.01. The number of aliphatic hydroxyl groups is 1. The third kappa shape index (κ3) is 2.24. The highest BCUT2D eigenvalue weighted by atomic mass is 16.3. The van der Waals surface area contributed by atoms with Gasteiger partial charge in [0.05, 0.1) is 18.0 Å². The highest BCUT2D eigenvalue weighted by molar-refractivity contribution is 5.59. The minimum Gasteiger partial charge on any atom is -0.390 e. The van der Waals surface area contributed by atoms with Gasteiger partial charge >= 0.3 is 0 Å². The molecule has 1 heterocycles. The van der Waals surface area contributed by atoms with Crippen LogP contribution < -0.4 is 0 Å². The molecule has 0 bridgehead atoms. The first-order valence-corrected chi connectivity index (χ1v) is 6.10. The largest absolute Gasteiger partial charge is 0.390 e. The lowest BCUT2D eigenvalue weighted by Gasteiger charge is -2.02. The molecule has 0 aliphatic heterocycles. The highest BCUT2D eigenvalue weighted by Gasteiger charge is 2.23. The molecule has 1 aromatic carbocycles. The molecule has 3 nitrogen and oxygen atoms in total. The Bertz CT molecular complexity index is 500. The zero-order valence-corrected chi connectivity index (χ0v) is 9.71. The van der Waals surface area contributed by atoms with E-state index in [1.165, 1.54) is 12.8 Å². The van der Waals surface area contributed by atoms with Crippen LogP contribution in [-0.2, 0) is 13.2 Å². The van der Waals surface area contributed by atoms with Crippen LogP contribution in [0.3, 0.4) is 0 Å². The monoisotopic (exact) mass is 228 g/mol. The van der Waals surface area contributed by atoms with E-state index in [1.54, 1.807) is 0 Å². The molecule has 0 radical (unpaired) electrons. The van der Waals surface area contributed by atoms with Gasteiger partial charge in [0.25, 0.3) is 0 Å². The fraction of sp³-hybridized carbons (Fsp3) is 0.357. The molecule has 3 heteroatoms. The molecule has 1 saturated carbocycles. The Morgan fingerprint density at radius 2 is 2.00 bits per heavy atom. The van der Waals surface area contributed by atoms with Crippen molar-refractivity contribution < 1.29 is 5.11 Å². The van der Waals surface area contributed by atoms with Crippen LogP contribution in [0.2, 0.25) is 0 Å². The molecule has 1 N–H and O–H groups in total. The van der Waals surface area contributed by atoms with E-state index in [4.69, 9.17) is 0 Å². The normalized spacial score (nSPS) is 15.1. The molecule has 1 fully saturated rings. The summed E-state index contributed by atoms with van der Waals surface area (Å²) in [5.74, 6) is 0.767. The lowest BCUT2D eigenvalue weighted by Crippen LogP contribution is -2.06. The van der Waals surface area contributed by atoms with Crippen LogP contribution in [0.4, 0.5) is 0 Å². The van der Waals surface area contributed by atoms with Crippen LogP contribution in [0.5, 0.6) is 0 Å². The minimum atomic E-state index is 0.0621. The maximum Gasteiger partial charge on any atom is 0.0926 e. The number of hydrogen-bond donors (Lipinski definition) is 1. The first-order chi connectivity index (χ1) is 8.36. The van der Waals surface area contributed by atoms with E-state index >= 15 is 0 Å². The summed E-state index contributed by atoms with van der Waals surface area (Å²) >= 11 is 0. The lowest BCUT2D eigenvalue weighted by molar-refractivity contribution is 0.266. The van der Waals surface area contributed by atoms with Crippen LogP contribution in [0, 0.1) is 5.92 Å². The van der Waals surface area contributed by atoms with E-state index in [0.29, 0.717) is 0 Å². The Balaban J connectivity index is 1.92. The number of nitrogens with zero attached hydrogens (tertiary/aromatic N) is 2. The Labute approximate surface area is 101 Å². The second-order valence-corrected chi connectivity index (χ2v) is 4.67. The fourth-order valence-corrected chi connectivity index (χ4v) is 2.04. The molecular weight excluding hydrogens is 212 g/mol. The summed E-state index contributed by atoms with van der Waals surface area (Å²) in [5, 5.41) is 13.9. The average molecular weight is 228 g/mol. The van der Waals surface area contributed by atoms with Gasteiger partial charge in [-0.25, -0.2) is 0 Å². The average Bonchev–Trinajstić information content (AvgIpc) is 3.09. The minimum absolute atomic E-state index is 0.0621. The predicted octanol–water partition coefficient (Wildman–Crippen LogP) is 2.45. The molecule has 1 aliphatic carbocycles. The molecule has 3 rings (SSSR count). The Morgan fingerprint density at radius 1 is 1.24 bits per heavy atom. The van der Waals surface area contributed by atoms with Crippen molar-refractivity contribution in [3.05, 3.63) is 42.1 Å². The summed E-state index contributed by atoms with van der Waals surface area (Å²) in [5.41, 5.74) is 2.97. The van der Waals surface area contributed by atoms with Gasteiger partial charge in [0, 0.05) is 12.1 Å². The standard InChI is InChI=1S/C14H16N2O/c17-10-13-8-14(12-4-2-1-3-5-12)15-16(13)9-11-6-7-11/h1-5,8,11,17H,6-7,9-10H2. The van der Waals surface area contributed by atoms with Gasteiger partial charge in [0.15, 0.2) is 0 Å². The molecule has 0 amide bonds. The SMILES string of the molecule is OCc1cc(-c2ccccc2)nn1CC1CC1. The molecule has 1 aromatic heterocycles. The van der Waals surface area contributed by atoms with Crippen molar-refractivity contribution in [1.82, 2.24) is 9.78 Å². The van der Waals surface area contributed by atoms with E-state index in [-0.39, 0.29) is 6.61 Å². The van der Waals surface area contributed by atoms with Gasteiger partial charge in [0.2, 0.25) is 0 Å².